The highest BCUT2D eigenvalue weighted by Gasteiger charge is 2.26. The van der Waals surface area contributed by atoms with Gasteiger partial charge in [-0.25, -0.2) is 17.6 Å². The Labute approximate surface area is 183 Å². The van der Waals surface area contributed by atoms with Gasteiger partial charge in [0, 0.05) is 30.8 Å². The molecule has 32 heavy (non-hydrogen) atoms. The number of piperidine rings is 1. The van der Waals surface area contributed by atoms with E-state index in [1.54, 1.807) is 0 Å². The van der Waals surface area contributed by atoms with Crippen molar-refractivity contribution in [2.75, 3.05) is 13.1 Å². The summed E-state index contributed by atoms with van der Waals surface area (Å²) in [6.07, 6.45) is 3.06. The number of ketones is 1. The van der Waals surface area contributed by atoms with Gasteiger partial charge < -0.3 is 0 Å². The maximum Gasteiger partial charge on any atom is 0.187 e. The fourth-order valence-electron chi connectivity index (χ4n) is 3.67. The monoisotopic (exact) mass is 437 g/mol. The second-order valence-electron chi connectivity index (χ2n) is 7.65. The Morgan fingerprint density at radius 2 is 1.19 bits per heavy atom. The highest BCUT2D eigenvalue weighted by molar-refractivity contribution is 6.14. The van der Waals surface area contributed by atoms with Crippen molar-refractivity contribution in [1.82, 2.24) is 4.90 Å². The van der Waals surface area contributed by atoms with E-state index < -0.39 is 23.3 Å². The molecule has 0 amide bonds. The standard InChI is InChI=1S/C26H19F4NO/c27-22-8-6-18(12-24(22)29)10-20-15-31(14-17-4-2-1-3-5-17)16-21(26(20)32)11-19-7-9-23(28)25(30)13-19/h1-13H,14-16H2/b20-10-,21-11-. The number of benzene rings is 3. The van der Waals surface area contributed by atoms with Crippen molar-refractivity contribution in [2.45, 2.75) is 6.54 Å². The maximum atomic E-state index is 13.7. The number of Topliss-reactive ketones (excluding diaryl/α,β-unsaturated/α-hetero) is 1. The summed E-state index contributed by atoms with van der Waals surface area (Å²) in [4.78, 5) is 15.2. The molecular formula is C26H19F4NO. The van der Waals surface area contributed by atoms with Crippen LogP contribution < -0.4 is 0 Å². The van der Waals surface area contributed by atoms with Gasteiger partial charge in [0.05, 0.1) is 0 Å². The molecule has 1 heterocycles. The van der Waals surface area contributed by atoms with Gasteiger partial charge in [-0.05, 0) is 53.1 Å². The number of likely N-dealkylation sites (tertiary alicyclic amines) is 1. The number of hydrogen-bond donors (Lipinski definition) is 0. The van der Waals surface area contributed by atoms with E-state index in [1.807, 2.05) is 35.2 Å². The Balaban J connectivity index is 1.70. The van der Waals surface area contributed by atoms with E-state index in [1.165, 1.54) is 24.3 Å². The Morgan fingerprint density at radius 1 is 0.688 bits per heavy atom. The van der Waals surface area contributed by atoms with Crippen LogP contribution >= 0.6 is 0 Å². The molecule has 0 saturated carbocycles. The SMILES string of the molecule is O=C1/C(=C\c2ccc(F)c(F)c2)CN(Cc2ccccc2)C/C1=C/c1ccc(F)c(F)c1. The molecule has 6 heteroatoms. The molecule has 0 radical (unpaired) electrons. The minimum absolute atomic E-state index is 0.274. The minimum atomic E-state index is -0.999. The zero-order chi connectivity index (χ0) is 22.7. The summed E-state index contributed by atoms with van der Waals surface area (Å²) >= 11 is 0. The average Bonchev–Trinajstić information content (AvgIpc) is 2.77. The third kappa shape index (κ3) is 5.03. The molecule has 1 aliphatic rings. The molecule has 3 aromatic rings. The van der Waals surface area contributed by atoms with Crippen LogP contribution in [0.2, 0.25) is 0 Å². The van der Waals surface area contributed by atoms with E-state index in [2.05, 4.69) is 0 Å². The molecule has 0 bridgehead atoms. The number of carbonyl (C=O) groups excluding carboxylic acids is 1. The van der Waals surface area contributed by atoms with Gasteiger partial charge in [0.1, 0.15) is 0 Å². The van der Waals surface area contributed by atoms with E-state index in [-0.39, 0.29) is 5.78 Å². The highest BCUT2D eigenvalue weighted by atomic mass is 19.2. The number of rotatable bonds is 4. The third-order valence-corrected chi connectivity index (χ3v) is 5.19. The summed E-state index contributed by atoms with van der Waals surface area (Å²) in [5.74, 6) is -4.20. The molecule has 1 fully saturated rings. The summed E-state index contributed by atoms with van der Waals surface area (Å²) in [6.45, 7) is 1.17. The van der Waals surface area contributed by atoms with Crippen LogP contribution in [0.15, 0.2) is 77.9 Å². The smallest absolute Gasteiger partial charge is 0.187 e. The molecule has 3 aromatic carbocycles. The normalized spacial score (nSPS) is 17.3. The van der Waals surface area contributed by atoms with E-state index >= 15 is 0 Å². The third-order valence-electron chi connectivity index (χ3n) is 5.19. The van der Waals surface area contributed by atoms with Crippen LogP contribution in [-0.4, -0.2) is 23.8 Å². The zero-order valence-electron chi connectivity index (χ0n) is 17.0. The van der Waals surface area contributed by atoms with Crippen molar-refractivity contribution >= 4 is 17.9 Å². The van der Waals surface area contributed by atoms with Gasteiger partial charge in [-0.1, -0.05) is 42.5 Å². The topological polar surface area (TPSA) is 20.3 Å². The summed E-state index contributed by atoms with van der Waals surface area (Å²) in [5.41, 5.74) is 2.56. The molecule has 2 nitrogen and oxygen atoms in total. The van der Waals surface area contributed by atoms with Gasteiger partial charge in [-0.15, -0.1) is 0 Å². The van der Waals surface area contributed by atoms with Gasteiger partial charge in [0.25, 0.3) is 0 Å². The highest BCUT2D eigenvalue weighted by Crippen LogP contribution is 2.24. The van der Waals surface area contributed by atoms with Gasteiger partial charge in [-0.2, -0.15) is 0 Å². The van der Waals surface area contributed by atoms with Crippen molar-refractivity contribution in [3.8, 4) is 0 Å². The van der Waals surface area contributed by atoms with Crippen molar-refractivity contribution in [2.24, 2.45) is 0 Å². The fourth-order valence-corrected chi connectivity index (χ4v) is 3.67. The van der Waals surface area contributed by atoms with Gasteiger partial charge >= 0.3 is 0 Å². The van der Waals surface area contributed by atoms with Crippen molar-refractivity contribution in [1.29, 1.82) is 0 Å². The molecule has 4 rings (SSSR count). The molecule has 0 aromatic heterocycles. The first-order chi connectivity index (χ1) is 15.4. The van der Waals surface area contributed by atoms with Crippen molar-refractivity contribution in [3.63, 3.8) is 0 Å². The Morgan fingerprint density at radius 3 is 1.66 bits per heavy atom. The molecule has 1 aliphatic heterocycles. The molecule has 1 saturated heterocycles. The predicted octanol–water partition coefficient (Wildman–Crippen LogP) is 5.79. The molecule has 0 spiro atoms. The zero-order valence-corrected chi connectivity index (χ0v) is 17.0. The first-order valence-corrected chi connectivity index (χ1v) is 10.0. The van der Waals surface area contributed by atoms with E-state index in [9.17, 15) is 22.4 Å². The predicted molar refractivity (Wildman–Crippen MR) is 115 cm³/mol. The van der Waals surface area contributed by atoms with Crippen LogP contribution in [0.3, 0.4) is 0 Å². The lowest BCUT2D eigenvalue weighted by atomic mass is 9.93. The first-order valence-electron chi connectivity index (χ1n) is 10.0. The summed E-state index contributed by atoms with van der Waals surface area (Å²) < 4.78 is 53.9. The van der Waals surface area contributed by atoms with Crippen LogP contribution in [0.5, 0.6) is 0 Å². The van der Waals surface area contributed by atoms with Crippen LogP contribution in [0.25, 0.3) is 12.2 Å². The summed E-state index contributed by atoms with van der Waals surface area (Å²) in [7, 11) is 0. The molecule has 0 unspecified atom stereocenters. The number of hydrogen-bond acceptors (Lipinski definition) is 2. The van der Waals surface area contributed by atoms with Gasteiger partial charge in [0.2, 0.25) is 0 Å². The lowest BCUT2D eigenvalue weighted by molar-refractivity contribution is -0.113. The Bertz CT molecular complexity index is 1140. The Kier molecular flexibility index (Phi) is 6.32. The second kappa shape index (κ2) is 9.32. The average molecular weight is 437 g/mol. The summed E-state index contributed by atoms with van der Waals surface area (Å²) in [5, 5.41) is 0. The van der Waals surface area contributed by atoms with Crippen LogP contribution in [0.4, 0.5) is 17.6 Å². The fraction of sp³-hybridized carbons (Fsp3) is 0.115. The molecule has 162 valence electrons. The maximum absolute atomic E-state index is 13.7. The van der Waals surface area contributed by atoms with Crippen LogP contribution in [0, 0.1) is 23.3 Å². The minimum Gasteiger partial charge on any atom is -0.290 e. The first kappa shape index (κ1) is 21.7. The quantitative estimate of drug-likeness (QED) is 0.380. The van der Waals surface area contributed by atoms with Crippen molar-refractivity contribution in [3.05, 3.63) is 118 Å². The number of nitrogens with zero attached hydrogens (tertiary/aromatic N) is 1. The van der Waals surface area contributed by atoms with Gasteiger partial charge in [-0.3, -0.25) is 9.69 Å². The van der Waals surface area contributed by atoms with Crippen molar-refractivity contribution < 1.29 is 22.4 Å². The lowest BCUT2D eigenvalue weighted by Gasteiger charge is -2.30. The number of carbonyl (C=O) groups is 1. The largest absolute Gasteiger partial charge is 0.290 e. The molecule has 0 N–H and O–H groups in total. The van der Waals surface area contributed by atoms with E-state index in [0.29, 0.717) is 41.9 Å². The van der Waals surface area contributed by atoms with E-state index in [4.69, 9.17) is 0 Å². The van der Waals surface area contributed by atoms with Crippen LogP contribution in [0.1, 0.15) is 16.7 Å². The number of halogens is 4. The molecule has 0 atom stereocenters. The molecule has 0 aliphatic carbocycles. The summed E-state index contributed by atoms with van der Waals surface area (Å²) in [6, 6.07) is 16.6. The van der Waals surface area contributed by atoms with Crippen LogP contribution in [-0.2, 0) is 11.3 Å². The van der Waals surface area contributed by atoms with Gasteiger partial charge in [0.15, 0.2) is 29.1 Å². The molecular weight excluding hydrogens is 418 g/mol. The Hall–Kier alpha value is -3.51. The lowest BCUT2D eigenvalue weighted by Crippen LogP contribution is -2.37. The van der Waals surface area contributed by atoms with E-state index in [0.717, 1.165) is 29.8 Å². The second-order valence-corrected chi connectivity index (χ2v) is 7.65.